The molecule has 0 aliphatic carbocycles. The molecule has 2 amide bonds. The quantitative estimate of drug-likeness (QED) is 0.702. The van der Waals surface area contributed by atoms with Gasteiger partial charge in [-0.3, -0.25) is 9.59 Å². The highest BCUT2D eigenvalue weighted by Gasteiger charge is 2.13. The van der Waals surface area contributed by atoms with Crippen LogP contribution in [0, 0.1) is 0 Å². The molecule has 1 aromatic carbocycles. The summed E-state index contributed by atoms with van der Waals surface area (Å²) in [5.41, 5.74) is 2.01. The standard InChI is InChI=1S/C20H20N4O3/c1-24(2)15-10-8-14(9-11-15)22-20(26)18-7-3-6-17(23-18)19(25)21-13-16-5-4-12-27-16/h3-12H,13H2,1-2H3,(H,21,25)(H,22,26). The lowest BCUT2D eigenvalue weighted by atomic mass is 10.2. The number of aromatic nitrogens is 1. The van der Waals surface area contributed by atoms with Gasteiger partial charge in [0.25, 0.3) is 11.8 Å². The highest BCUT2D eigenvalue weighted by atomic mass is 16.3. The highest BCUT2D eigenvalue weighted by Crippen LogP contribution is 2.16. The number of hydrogen-bond donors (Lipinski definition) is 2. The third-order valence-electron chi connectivity index (χ3n) is 3.86. The van der Waals surface area contributed by atoms with Gasteiger partial charge in [-0.25, -0.2) is 4.98 Å². The molecule has 3 rings (SSSR count). The maximum atomic E-state index is 12.4. The lowest BCUT2D eigenvalue weighted by molar-refractivity contribution is 0.0943. The smallest absolute Gasteiger partial charge is 0.274 e. The summed E-state index contributed by atoms with van der Waals surface area (Å²) in [4.78, 5) is 30.8. The number of carbonyl (C=O) groups excluding carboxylic acids is 2. The molecule has 7 heteroatoms. The van der Waals surface area contributed by atoms with E-state index in [4.69, 9.17) is 4.42 Å². The number of furan rings is 1. The molecule has 0 fully saturated rings. The van der Waals surface area contributed by atoms with Gasteiger partial charge in [0.1, 0.15) is 17.1 Å². The Balaban J connectivity index is 1.65. The molecule has 0 unspecified atom stereocenters. The van der Waals surface area contributed by atoms with Gasteiger partial charge in [-0.2, -0.15) is 0 Å². The summed E-state index contributed by atoms with van der Waals surface area (Å²) < 4.78 is 5.17. The molecule has 0 aliphatic rings. The van der Waals surface area contributed by atoms with Gasteiger partial charge >= 0.3 is 0 Å². The molecule has 7 nitrogen and oxygen atoms in total. The van der Waals surface area contributed by atoms with Crippen molar-refractivity contribution in [2.45, 2.75) is 6.54 Å². The van der Waals surface area contributed by atoms with E-state index in [1.54, 1.807) is 30.3 Å². The van der Waals surface area contributed by atoms with Crippen molar-refractivity contribution in [3.05, 3.63) is 78.0 Å². The van der Waals surface area contributed by atoms with E-state index in [-0.39, 0.29) is 29.7 Å². The first-order chi connectivity index (χ1) is 13.0. The average molecular weight is 364 g/mol. The van der Waals surface area contributed by atoms with Crippen molar-refractivity contribution in [1.29, 1.82) is 0 Å². The molecule has 27 heavy (non-hydrogen) atoms. The minimum Gasteiger partial charge on any atom is -0.467 e. The van der Waals surface area contributed by atoms with Crippen LogP contribution >= 0.6 is 0 Å². The van der Waals surface area contributed by atoms with Crippen molar-refractivity contribution >= 4 is 23.2 Å². The van der Waals surface area contributed by atoms with Crippen LogP contribution in [0.4, 0.5) is 11.4 Å². The second-order valence-electron chi connectivity index (χ2n) is 6.07. The SMILES string of the molecule is CN(C)c1ccc(NC(=O)c2cccc(C(=O)NCc3ccco3)n2)cc1. The predicted molar refractivity (Wildman–Crippen MR) is 103 cm³/mol. The van der Waals surface area contributed by atoms with Crippen LogP contribution in [0.15, 0.2) is 65.3 Å². The Bertz CT molecular complexity index is 919. The van der Waals surface area contributed by atoms with Crippen molar-refractivity contribution in [1.82, 2.24) is 10.3 Å². The Morgan fingerprint density at radius 2 is 1.67 bits per heavy atom. The van der Waals surface area contributed by atoms with Crippen LogP contribution in [0.3, 0.4) is 0 Å². The number of nitrogens with zero attached hydrogens (tertiary/aromatic N) is 2. The van der Waals surface area contributed by atoms with Crippen molar-refractivity contribution < 1.29 is 14.0 Å². The molecule has 2 heterocycles. The predicted octanol–water partition coefficient (Wildman–Crippen LogP) is 2.92. The van der Waals surface area contributed by atoms with Crippen LogP contribution in [-0.2, 0) is 6.54 Å². The number of nitrogens with one attached hydrogen (secondary N) is 2. The van der Waals surface area contributed by atoms with Crippen molar-refractivity contribution in [2.75, 3.05) is 24.3 Å². The fourth-order valence-electron chi connectivity index (χ4n) is 2.40. The van der Waals surface area contributed by atoms with E-state index in [1.165, 1.54) is 6.26 Å². The maximum Gasteiger partial charge on any atom is 0.274 e. The molecule has 138 valence electrons. The molecule has 0 atom stereocenters. The lowest BCUT2D eigenvalue weighted by Crippen LogP contribution is -2.24. The Kier molecular flexibility index (Phi) is 5.51. The van der Waals surface area contributed by atoms with Gasteiger partial charge in [-0.05, 0) is 48.5 Å². The molecule has 0 saturated carbocycles. The molecule has 0 radical (unpaired) electrons. The average Bonchev–Trinajstić information content (AvgIpc) is 3.20. The van der Waals surface area contributed by atoms with Crippen LogP contribution < -0.4 is 15.5 Å². The molecule has 2 N–H and O–H groups in total. The summed E-state index contributed by atoms with van der Waals surface area (Å²) in [5, 5.41) is 5.48. The summed E-state index contributed by atoms with van der Waals surface area (Å²) in [6.45, 7) is 0.252. The lowest BCUT2D eigenvalue weighted by Gasteiger charge is -2.13. The normalized spacial score (nSPS) is 10.3. The first kappa shape index (κ1) is 18.2. The van der Waals surface area contributed by atoms with Gasteiger partial charge < -0.3 is 20.0 Å². The van der Waals surface area contributed by atoms with Crippen LogP contribution in [0.2, 0.25) is 0 Å². The zero-order valence-electron chi connectivity index (χ0n) is 15.1. The molecule has 0 bridgehead atoms. The first-order valence-electron chi connectivity index (χ1n) is 8.39. The fraction of sp³-hybridized carbons (Fsp3) is 0.150. The van der Waals surface area contributed by atoms with Gasteiger partial charge in [-0.1, -0.05) is 6.07 Å². The Labute approximate surface area is 157 Å². The van der Waals surface area contributed by atoms with Crippen LogP contribution in [0.1, 0.15) is 26.7 Å². The summed E-state index contributed by atoms with van der Waals surface area (Å²) in [6, 6.07) is 15.7. The maximum absolute atomic E-state index is 12.4. The Morgan fingerprint density at radius 3 is 2.30 bits per heavy atom. The van der Waals surface area contributed by atoms with Gasteiger partial charge in [-0.15, -0.1) is 0 Å². The minimum absolute atomic E-state index is 0.164. The Morgan fingerprint density at radius 1 is 0.963 bits per heavy atom. The van der Waals surface area contributed by atoms with Crippen molar-refractivity contribution in [2.24, 2.45) is 0 Å². The number of amides is 2. The molecule has 0 spiro atoms. The Hall–Kier alpha value is -3.61. The van der Waals surface area contributed by atoms with E-state index in [0.29, 0.717) is 11.4 Å². The van der Waals surface area contributed by atoms with Crippen LogP contribution in [-0.4, -0.2) is 30.9 Å². The van der Waals surface area contributed by atoms with Crippen molar-refractivity contribution in [3.63, 3.8) is 0 Å². The molecule has 0 aliphatic heterocycles. The van der Waals surface area contributed by atoms with E-state index in [0.717, 1.165) is 5.69 Å². The molecule has 2 aromatic heterocycles. The van der Waals surface area contributed by atoms with Gasteiger partial charge in [0.15, 0.2) is 0 Å². The number of hydrogen-bond acceptors (Lipinski definition) is 5. The first-order valence-corrected chi connectivity index (χ1v) is 8.39. The third kappa shape index (κ3) is 4.72. The largest absolute Gasteiger partial charge is 0.467 e. The van der Waals surface area contributed by atoms with Crippen LogP contribution in [0.5, 0.6) is 0 Å². The second kappa shape index (κ2) is 8.18. The number of rotatable bonds is 6. The number of pyridine rings is 1. The summed E-state index contributed by atoms with van der Waals surface area (Å²) >= 11 is 0. The number of benzene rings is 1. The van der Waals surface area contributed by atoms with Gasteiger partial charge in [0.2, 0.25) is 0 Å². The van der Waals surface area contributed by atoms with E-state index in [1.807, 2.05) is 43.3 Å². The van der Waals surface area contributed by atoms with Crippen molar-refractivity contribution in [3.8, 4) is 0 Å². The minimum atomic E-state index is -0.381. The second-order valence-corrected chi connectivity index (χ2v) is 6.07. The number of carbonyl (C=O) groups is 2. The van der Waals surface area contributed by atoms with Crippen LogP contribution in [0.25, 0.3) is 0 Å². The monoisotopic (exact) mass is 364 g/mol. The topological polar surface area (TPSA) is 87.5 Å². The molecular formula is C20H20N4O3. The summed E-state index contributed by atoms with van der Waals surface area (Å²) in [7, 11) is 3.89. The fourth-order valence-corrected chi connectivity index (χ4v) is 2.40. The summed E-state index contributed by atoms with van der Waals surface area (Å²) in [6.07, 6.45) is 1.54. The zero-order chi connectivity index (χ0) is 19.2. The number of anilines is 2. The van der Waals surface area contributed by atoms with E-state index < -0.39 is 0 Å². The molecule has 0 saturated heterocycles. The zero-order valence-corrected chi connectivity index (χ0v) is 15.1. The molecule has 3 aromatic rings. The summed E-state index contributed by atoms with van der Waals surface area (Å²) in [5.74, 6) is -0.122. The van der Waals surface area contributed by atoms with E-state index in [2.05, 4.69) is 15.6 Å². The van der Waals surface area contributed by atoms with Gasteiger partial charge in [0.05, 0.1) is 12.8 Å². The highest BCUT2D eigenvalue weighted by molar-refractivity contribution is 6.03. The van der Waals surface area contributed by atoms with Gasteiger partial charge in [0, 0.05) is 25.5 Å². The molecular weight excluding hydrogens is 344 g/mol. The van der Waals surface area contributed by atoms with E-state index >= 15 is 0 Å². The third-order valence-corrected chi connectivity index (χ3v) is 3.86. The van der Waals surface area contributed by atoms with E-state index in [9.17, 15) is 9.59 Å².